The zero-order valence-corrected chi connectivity index (χ0v) is 10.6. The number of nitriles is 1. The SMILES string of the molecule is N#Cc1ccc(C(F)(F)F)nc1NCC1CCCC1O. The molecule has 0 amide bonds. The number of aliphatic hydroxyl groups excluding tert-OH is 1. The van der Waals surface area contributed by atoms with Crippen molar-refractivity contribution in [2.45, 2.75) is 31.5 Å². The minimum atomic E-state index is -4.54. The van der Waals surface area contributed by atoms with Crippen LogP contribution < -0.4 is 5.32 Å². The Kier molecular flexibility index (Phi) is 4.14. The average Bonchev–Trinajstić information content (AvgIpc) is 2.80. The van der Waals surface area contributed by atoms with Gasteiger partial charge in [0.25, 0.3) is 0 Å². The standard InChI is InChI=1S/C13H14F3N3O/c14-13(15,16)11-5-4-8(6-17)12(19-11)18-7-9-2-1-3-10(9)20/h4-5,9-10,20H,1-3,7H2,(H,18,19). The highest BCUT2D eigenvalue weighted by atomic mass is 19.4. The van der Waals surface area contributed by atoms with Gasteiger partial charge in [0.05, 0.1) is 11.7 Å². The predicted octanol–water partition coefficient (Wildman–Crippen LogP) is 2.54. The van der Waals surface area contributed by atoms with Crippen LogP contribution in [0.4, 0.5) is 19.0 Å². The topological polar surface area (TPSA) is 68.9 Å². The first-order chi connectivity index (χ1) is 9.41. The van der Waals surface area contributed by atoms with Crippen molar-refractivity contribution in [3.05, 3.63) is 23.4 Å². The molecular formula is C13H14F3N3O. The molecular weight excluding hydrogens is 271 g/mol. The Morgan fingerprint density at radius 2 is 2.15 bits per heavy atom. The number of halogens is 3. The third-order valence-corrected chi connectivity index (χ3v) is 3.46. The maximum absolute atomic E-state index is 12.6. The number of anilines is 1. The molecule has 108 valence electrons. The van der Waals surface area contributed by atoms with E-state index in [1.807, 2.05) is 0 Å². The molecule has 7 heteroatoms. The molecule has 1 aromatic heterocycles. The highest BCUT2D eigenvalue weighted by molar-refractivity contribution is 5.52. The van der Waals surface area contributed by atoms with Gasteiger partial charge in [-0.2, -0.15) is 18.4 Å². The van der Waals surface area contributed by atoms with Crippen LogP contribution in [-0.4, -0.2) is 22.7 Å². The third-order valence-electron chi connectivity index (χ3n) is 3.46. The van der Waals surface area contributed by atoms with E-state index in [4.69, 9.17) is 5.26 Å². The molecule has 0 radical (unpaired) electrons. The molecule has 1 aliphatic carbocycles. The van der Waals surface area contributed by atoms with E-state index in [1.54, 1.807) is 6.07 Å². The summed E-state index contributed by atoms with van der Waals surface area (Å²) in [6.45, 7) is 0.310. The van der Waals surface area contributed by atoms with Gasteiger partial charge in [0, 0.05) is 12.5 Å². The molecule has 2 rings (SSSR count). The minimum absolute atomic E-state index is 0.0158. The lowest BCUT2D eigenvalue weighted by molar-refractivity contribution is -0.141. The van der Waals surface area contributed by atoms with Crippen LogP contribution >= 0.6 is 0 Å². The van der Waals surface area contributed by atoms with E-state index < -0.39 is 18.0 Å². The van der Waals surface area contributed by atoms with Crippen molar-refractivity contribution < 1.29 is 18.3 Å². The normalized spacial score (nSPS) is 22.6. The van der Waals surface area contributed by atoms with Gasteiger partial charge in [-0.05, 0) is 25.0 Å². The first-order valence-corrected chi connectivity index (χ1v) is 6.32. The maximum atomic E-state index is 12.6. The highest BCUT2D eigenvalue weighted by Crippen LogP contribution is 2.30. The summed E-state index contributed by atoms with van der Waals surface area (Å²) >= 11 is 0. The number of aromatic nitrogens is 1. The Morgan fingerprint density at radius 3 is 2.70 bits per heavy atom. The lowest BCUT2D eigenvalue weighted by Crippen LogP contribution is -2.23. The van der Waals surface area contributed by atoms with E-state index in [0.29, 0.717) is 13.0 Å². The highest BCUT2D eigenvalue weighted by Gasteiger charge is 2.33. The minimum Gasteiger partial charge on any atom is -0.393 e. The molecule has 0 aromatic carbocycles. The van der Waals surface area contributed by atoms with Crippen LogP contribution in [0.2, 0.25) is 0 Å². The summed E-state index contributed by atoms with van der Waals surface area (Å²) in [5, 5.41) is 21.3. The summed E-state index contributed by atoms with van der Waals surface area (Å²) in [6.07, 6.45) is -2.58. The van der Waals surface area contributed by atoms with E-state index in [0.717, 1.165) is 25.0 Å². The first kappa shape index (κ1) is 14.6. The molecule has 1 heterocycles. The molecule has 0 aliphatic heterocycles. The Labute approximate surface area is 114 Å². The second-order valence-electron chi connectivity index (χ2n) is 4.84. The second-order valence-corrected chi connectivity index (χ2v) is 4.84. The van der Waals surface area contributed by atoms with Gasteiger partial charge in [0.15, 0.2) is 0 Å². The van der Waals surface area contributed by atoms with Crippen LogP contribution in [-0.2, 0) is 6.18 Å². The number of hydrogen-bond donors (Lipinski definition) is 2. The van der Waals surface area contributed by atoms with Gasteiger partial charge in [-0.1, -0.05) is 6.42 Å². The smallest absolute Gasteiger partial charge is 0.393 e. The summed E-state index contributed by atoms with van der Waals surface area (Å²) in [6, 6.07) is 3.69. The number of nitrogens with one attached hydrogen (secondary N) is 1. The van der Waals surface area contributed by atoms with Gasteiger partial charge >= 0.3 is 6.18 Å². The molecule has 1 fully saturated rings. The van der Waals surface area contributed by atoms with Gasteiger partial charge < -0.3 is 10.4 Å². The monoisotopic (exact) mass is 285 g/mol. The van der Waals surface area contributed by atoms with Crippen molar-refractivity contribution in [1.29, 1.82) is 5.26 Å². The Balaban J connectivity index is 2.15. The molecule has 20 heavy (non-hydrogen) atoms. The Morgan fingerprint density at radius 1 is 1.40 bits per heavy atom. The lowest BCUT2D eigenvalue weighted by atomic mass is 10.1. The van der Waals surface area contributed by atoms with Gasteiger partial charge in [0.1, 0.15) is 17.6 Å². The molecule has 2 N–H and O–H groups in total. The maximum Gasteiger partial charge on any atom is 0.433 e. The van der Waals surface area contributed by atoms with E-state index in [1.165, 1.54) is 0 Å². The van der Waals surface area contributed by atoms with Gasteiger partial charge in [-0.15, -0.1) is 0 Å². The van der Waals surface area contributed by atoms with Crippen molar-refractivity contribution in [1.82, 2.24) is 4.98 Å². The molecule has 0 saturated heterocycles. The van der Waals surface area contributed by atoms with E-state index in [2.05, 4.69) is 10.3 Å². The zero-order chi connectivity index (χ0) is 14.8. The van der Waals surface area contributed by atoms with E-state index in [-0.39, 0.29) is 17.3 Å². The number of rotatable bonds is 3. The van der Waals surface area contributed by atoms with Crippen molar-refractivity contribution in [3.63, 3.8) is 0 Å². The lowest BCUT2D eigenvalue weighted by Gasteiger charge is -2.16. The molecule has 2 atom stereocenters. The number of aliphatic hydroxyl groups is 1. The van der Waals surface area contributed by atoms with Gasteiger partial charge in [-0.25, -0.2) is 4.98 Å². The van der Waals surface area contributed by atoms with Crippen LogP contribution in [0.1, 0.15) is 30.5 Å². The van der Waals surface area contributed by atoms with Crippen LogP contribution in [0.25, 0.3) is 0 Å². The predicted molar refractivity (Wildman–Crippen MR) is 65.8 cm³/mol. The van der Waals surface area contributed by atoms with Gasteiger partial charge in [-0.3, -0.25) is 0 Å². The number of alkyl halides is 3. The van der Waals surface area contributed by atoms with E-state index in [9.17, 15) is 18.3 Å². The van der Waals surface area contributed by atoms with Crippen LogP contribution in [0, 0.1) is 17.2 Å². The van der Waals surface area contributed by atoms with Crippen molar-refractivity contribution in [3.8, 4) is 6.07 Å². The number of hydrogen-bond acceptors (Lipinski definition) is 4. The van der Waals surface area contributed by atoms with Gasteiger partial charge in [0.2, 0.25) is 0 Å². The zero-order valence-electron chi connectivity index (χ0n) is 10.6. The largest absolute Gasteiger partial charge is 0.433 e. The van der Waals surface area contributed by atoms with Crippen LogP contribution in [0.5, 0.6) is 0 Å². The van der Waals surface area contributed by atoms with Crippen LogP contribution in [0.15, 0.2) is 12.1 Å². The quantitative estimate of drug-likeness (QED) is 0.895. The summed E-state index contributed by atoms with van der Waals surface area (Å²) in [5.74, 6) is -0.0979. The third kappa shape index (κ3) is 3.20. The molecule has 1 aliphatic rings. The molecule has 1 aromatic rings. The Hall–Kier alpha value is -1.81. The Bertz CT molecular complexity index is 525. The van der Waals surface area contributed by atoms with Crippen molar-refractivity contribution in [2.75, 3.05) is 11.9 Å². The molecule has 0 bridgehead atoms. The van der Waals surface area contributed by atoms with Crippen molar-refractivity contribution in [2.24, 2.45) is 5.92 Å². The van der Waals surface area contributed by atoms with E-state index >= 15 is 0 Å². The first-order valence-electron chi connectivity index (χ1n) is 6.32. The fourth-order valence-electron chi connectivity index (χ4n) is 2.33. The fraction of sp³-hybridized carbons (Fsp3) is 0.538. The number of pyridine rings is 1. The fourth-order valence-corrected chi connectivity index (χ4v) is 2.33. The number of nitrogens with zero attached hydrogens (tertiary/aromatic N) is 2. The molecule has 2 unspecified atom stereocenters. The average molecular weight is 285 g/mol. The van der Waals surface area contributed by atoms with Crippen molar-refractivity contribution >= 4 is 5.82 Å². The molecule has 1 saturated carbocycles. The summed E-state index contributed by atoms with van der Waals surface area (Å²) in [4.78, 5) is 3.46. The molecule has 4 nitrogen and oxygen atoms in total. The second kappa shape index (κ2) is 5.67. The van der Waals surface area contributed by atoms with Crippen LogP contribution in [0.3, 0.4) is 0 Å². The summed E-state index contributed by atoms with van der Waals surface area (Å²) in [5.41, 5.74) is -0.976. The molecule has 0 spiro atoms. The summed E-state index contributed by atoms with van der Waals surface area (Å²) < 4.78 is 37.8. The summed E-state index contributed by atoms with van der Waals surface area (Å²) in [7, 11) is 0.